The quantitative estimate of drug-likeness (QED) is 0.680. The second kappa shape index (κ2) is 5.38. The summed E-state index contributed by atoms with van der Waals surface area (Å²) in [7, 11) is 1.56. The van der Waals surface area contributed by atoms with Gasteiger partial charge < -0.3 is 5.32 Å². The summed E-state index contributed by atoms with van der Waals surface area (Å²) in [5, 5.41) is 25.7. The number of aromatic nitrogens is 2. The van der Waals surface area contributed by atoms with Gasteiger partial charge in [0.15, 0.2) is 5.82 Å². The third kappa shape index (κ3) is 3.01. The number of aryl methyl sites for hydroxylation is 1. The Morgan fingerprint density at radius 2 is 2.24 bits per heavy atom. The largest absolute Gasteiger partial charge is 0.304 e. The van der Waals surface area contributed by atoms with Crippen LogP contribution in [0.15, 0.2) is 24.4 Å². The van der Waals surface area contributed by atoms with E-state index in [1.165, 1.54) is 10.9 Å². The Labute approximate surface area is 117 Å². The van der Waals surface area contributed by atoms with E-state index in [1.54, 1.807) is 7.05 Å². The predicted molar refractivity (Wildman–Crippen MR) is 68.9 cm³/mol. The molecule has 1 aromatic heterocycles. The summed E-state index contributed by atoms with van der Waals surface area (Å²) >= 11 is 0. The summed E-state index contributed by atoms with van der Waals surface area (Å²) in [4.78, 5) is 21.8. The van der Waals surface area contributed by atoms with E-state index in [4.69, 9.17) is 5.26 Å². The molecule has 0 bridgehead atoms. The fourth-order valence-corrected chi connectivity index (χ4v) is 1.65. The summed E-state index contributed by atoms with van der Waals surface area (Å²) in [5.74, 6) is -1.71. The molecule has 2 rings (SSSR count). The summed E-state index contributed by atoms with van der Waals surface area (Å²) < 4.78 is 14.6. The molecule has 21 heavy (non-hydrogen) atoms. The van der Waals surface area contributed by atoms with Gasteiger partial charge in [0.25, 0.3) is 11.6 Å². The molecule has 0 aliphatic rings. The molecule has 8 nitrogen and oxygen atoms in total. The van der Waals surface area contributed by atoms with E-state index in [-0.39, 0.29) is 16.9 Å². The van der Waals surface area contributed by atoms with Crippen molar-refractivity contribution < 1.29 is 14.1 Å². The fraction of sp³-hybridized carbons (Fsp3) is 0.0833. The van der Waals surface area contributed by atoms with Gasteiger partial charge in [-0.2, -0.15) is 10.4 Å². The number of hydrogen-bond acceptors (Lipinski definition) is 5. The molecule has 0 spiro atoms. The molecule has 0 atom stereocenters. The van der Waals surface area contributed by atoms with E-state index in [9.17, 15) is 19.3 Å². The van der Waals surface area contributed by atoms with Gasteiger partial charge in [-0.25, -0.2) is 4.39 Å². The maximum Gasteiger partial charge on any atom is 0.273 e. The summed E-state index contributed by atoms with van der Waals surface area (Å²) in [5.41, 5.74) is -0.658. The average molecular weight is 289 g/mol. The minimum Gasteiger partial charge on any atom is -0.304 e. The van der Waals surface area contributed by atoms with Crippen LogP contribution in [-0.2, 0) is 7.05 Å². The topological polar surface area (TPSA) is 114 Å². The van der Waals surface area contributed by atoms with Crippen molar-refractivity contribution in [1.29, 1.82) is 5.26 Å². The SMILES string of the molecule is Cn1cc(C#N)c(NC(=O)c2cc(F)cc([N+](=O)[O-])c2)n1. The molecule has 2 aromatic rings. The highest BCUT2D eigenvalue weighted by atomic mass is 19.1. The van der Waals surface area contributed by atoms with Gasteiger partial charge in [-0.05, 0) is 6.07 Å². The highest BCUT2D eigenvalue weighted by Gasteiger charge is 2.17. The molecule has 0 saturated carbocycles. The third-order valence-electron chi connectivity index (χ3n) is 2.54. The molecule has 0 fully saturated rings. The molecule has 0 radical (unpaired) electrons. The van der Waals surface area contributed by atoms with Gasteiger partial charge in [0.2, 0.25) is 0 Å². The molecule has 0 unspecified atom stereocenters. The van der Waals surface area contributed by atoms with Crippen LogP contribution in [0.4, 0.5) is 15.9 Å². The molecular formula is C12H8FN5O3. The Hall–Kier alpha value is -3.28. The lowest BCUT2D eigenvalue weighted by Gasteiger charge is -2.03. The lowest BCUT2D eigenvalue weighted by Crippen LogP contribution is -2.14. The first-order valence-electron chi connectivity index (χ1n) is 5.61. The first kappa shape index (κ1) is 14.1. The van der Waals surface area contributed by atoms with Crippen LogP contribution in [0, 0.1) is 27.3 Å². The second-order valence-corrected chi connectivity index (χ2v) is 4.09. The van der Waals surface area contributed by atoms with Gasteiger partial charge in [0.1, 0.15) is 17.4 Å². The number of nitriles is 1. The van der Waals surface area contributed by atoms with Crippen molar-refractivity contribution in [3.8, 4) is 6.07 Å². The summed E-state index contributed by atoms with van der Waals surface area (Å²) in [6.07, 6.45) is 1.39. The first-order chi connectivity index (χ1) is 9.90. The van der Waals surface area contributed by atoms with Crippen LogP contribution < -0.4 is 5.32 Å². The van der Waals surface area contributed by atoms with Crippen LogP contribution in [0.5, 0.6) is 0 Å². The molecule has 0 saturated heterocycles. The average Bonchev–Trinajstić information content (AvgIpc) is 2.77. The number of nitrogens with zero attached hydrogens (tertiary/aromatic N) is 4. The molecule has 1 amide bonds. The van der Waals surface area contributed by atoms with Gasteiger partial charge in [-0.3, -0.25) is 19.6 Å². The van der Waals surface area contributed by atoms with Crippen molar-refractivity contribution >= 4 is 17.4 Å². The molecule has 106 valence electrons. The van der Waals surface area contributed by atoms with Crippen LogP contribution in [0.1, 0.15) is 15.9 Å². The lowest BCUT2D eigenvalue weighted by molar-refractivity contribution is -0.385. The molecular weight excluding hydrogens is 281 g/mol. The Bertz CT molecular complexity index is 778. The van der Waals surface area contributed by atoms with Gasteiger partial charge in [-0.15, -0.1) is 0 Å². The number of halogens is 1. The smallest absolute Gasteiger partial charge is 0.273 e. The number of nitro groups is 1. The normalized spacial score (nSPS) is 9.95. The molecule has 9 heteroatoms. The zero-order valence-electron chi connectivity index (χ0n) is 10.7. The highest BCUT2D eigenvalue weighted by molar-refractivity contribution is 6.04. The van der Waals surface area contributed by atoms with E-state index < -0.39 is 22.3 Å². The fourth-order valence-electron chi connectivity index (χ4n) is 1.65. The van der Waals surface area contributed by atoms with Crippen molar-refractivity contribution in [2.45, 2.75) is 0 Å². The maximum atomic E-state index is 13.3. The first-order valence-corrected chi connectivity index (χ1v) is 5.61. The Morgan fingerprint density at radius 1 is 1.52 bits per heavy atom. The monoisotopic (exact) mass is 289 g/mol. The second-order valence-electron chi connectivity index (χ2n) is 4.09. The number of benzene rings is 1. The van der Waals surface area contributed by atoms with Gasteiger partial charge in [0, 0.05) is 24.9 Å². The van der Waals surface area contributed by atoms with E-state index in [0.29, 0.717) is 6.07 Å². The number of nitrogens with one attached hydrogen (secondary N) is 1. The van der Waals surface area contributed by atoms with Crippen molar-refractivity contribution in [3.63, 3.8) is 0 Å². The zero-order chi connectivity index (χ0) is 15.6. The zero-order valence-corrected chi connectivity index (χ0v) is 10.7. The van der Waals surface area contributed by atoms with Crippen molar-refractivity contribution in [1.82, 2.24) is 9.78 Å². The minimum absolute atomic E-state index is 0.00286. The van der Waals surface area contributed by atoms with Crippen LogP contribution in [0.3, 0.4) is 0 Å². The Morgan fingerprint density at radius 3 is 2.86 bits per heavy atom. The van der Waals surface area contributed by atoms with Crippen molar-refractivity contribution in [3.05, 3.63) is 51.5 Å². The lowest BCUT2D eigenvalue weighted by atomic mass is 10.2. The van der Waals surface area contributed by atoms with E-state index in [0.717, 1.165) is 12.1 Å². The van der Waals surface area contributed by atoms with Crippen LogP contribution in [0.2, 0.25) is 0 Å². The highest BCUT2D eigenvalue weighted by Crippen LogP contribution is 2.18. The predicted octanol–water partition coefficient (Wildman–Crippen LogP) is 1.59. The Kier molecular flexibility index (Phi) is 3.62. The molecule has 1 N–H and O–H groups in total. The molecule has 0 aliphatic carbocycles. The third-order valence-corrected chi connectivity index (χ3v) is 2.54. The van der Waals surface area contributed by atoms with E-state index in [2.05, 4.69) is 10.4 Å². The molecule has 1 heterocycles. The molecule has 1 aromatic carbocycles. The van der Waals surface area contributed by atoms with Gasteiger partial charge in [0.05, 0.1) is 11.0 Å². The number of carbonyl (C=O) groups excluding carboxylic acids is 1. The number of nitro benzene ring substituents is 1. The number of anilines is 1. The summed E-state index contributed by atoms with van der Waals surface area (Å²) in [6, 6.07) is 4.34. The van der Waals surface area contributed by atoms with E-state index >= 15 is 0 Å². The van der Waals surface area contributed by atoms with Crippen LogP contribution in [-0.4, -0.2) is 20.6 Å². The number of non-ortho nitro benzene ring substituents is 1. The van der Waals surface area contributed by atoms with Crippen LogP contribution in [0.25, 0.3) is 0 Å². The number of rotatable bonds is 3. The number of hydrogen-bond donors (Lipinski definition) is 1. The van der Waals surface area contributed by atoms with Crippen molar-refractivity contribution in [2.24, 2.45) is 7.05 Å². The van der Waals surface area contributed by atoms with Crippen molar-refractivity contribution in [2.75, 3.05) is 5.32 Å². The van der Waals surface area contributed by atoms with E-state index in [1.807, 2.05) is 6.07 Å². The van der Waals surface area contributed by atoms with Gasteiger partial charge in [-0.1, -0.05) is 0 Å². The summed E-state index contributed by atoms with van der Waals surface area (Å²) in [6.45, 7) is 0. The van der Waals surface area contributed by atoms with Gasteiger partial charge >= 0.3 is 0 Å². The minimum atomic E-state index is -0.907. The number of carbonyl (C=O) groups is 1. The standard InChI is InChI=1S/C12H8FN5O3/c1-17-6-8(5-14)11(16-17)15-12(19)7-2-9(13)4-10(3-7)18(20)21/h2-4,6H,1H3,(H,15,16,19). The number of amides is 1. The maximum absolute atomic E-state index is 13.3. The van der Waals surface area contributed by atoms with Crippen LogP contribution >= 0.6 is 0 Å². The Balaban J connectivity index is 2.32. The molecule has 0 aliphatic heterocycles.